The van der Waals surface area contributed by atoms with Crippen molar-refractivity contribution in [1.29, 1.82) is 0 Å². The molecule has 1 heterocycles. The second-order valence-corrected chi connectivity index (χ2v) is 7.47. The van der Waals surface area contributed by atoms with Crippen LogP contribution >= 0.6 is 11.3 Å². The number of nitrogens with one attached hydrogen (secondary N) is 1. The molecule has 3 heteroatoms. The zero-order chi connectivity index (χ0) is 13.8. The lowest BCUT2D eigenvalue weighted by molar-refractivity contribution is 0.226. The van der Waals surface area contributed by atoms with Crippen molar-refractivity contribution < 1.29 is 0 Å². The van der Waals surface area contributed by atoms with Crippen LogP contribution in [-0.4, -0.2) is 24.0 Å². The monoisotopic (exact) mass is 280 g/mol. The minimum Gasteiger partial charge on any atom is -0.312 e. The maximum Gasteiger partial charge on any atom is 0.0299 e. The molecule has 19 heavy (non-hydrogen) atoms. The van der Waals surface area contributed by atoms with Gasteiger partial charge in [0.15, 0.2) is 0 Å². The van der Waals surface area contributed by atoms with Crippen molar-refractivity contribution in [2.45, 2.75) is 59.7 Å². The Hall–Kier alpha value is -0.380. The summed E-state index contributed by atoms with van der Waals surface area (Å²) in [5.74, 6) is 0.765. The quantitative estimate of drug-likeness (QED) is 0.779. The summed E-state index contributed by atoms with van der Waals surface area (Å²) in [4.78, 5) is 5.67. The van der Waals surface area contributed by atoms with Crippen LogP contribution in [0.25, 0.3) is 0 Å². The van der Waals surface area contributed by atoms with Gasteiger partial charge in [-0.15, -0.1) is 11.3 Å². The molecule has 1 fully saturated rings. The average Bonchev–Trinajstić information content (AvgIpc) is 3.12. The number of nitrogens with zero attached hydrogens (tertiary/aromatic N) is 1. The molecule has 1 saturated carbocycles. The molecule has 0 saturated heterocycles. The van der Waals surface area contributed by atoms with Gasteiger partial charge in [0, 0.05) is 35.4 Å². The summed E-state index contributed by atoms with van der Waals surface area (Å²) in [6.45, 7) is 13.6. The molecular weight excluding hydrogens is 252 g/mol. The summed E-state index contributed by atoms with van der Waals surface area (Å²) in [7, 11) is 0. The zero-order valence-corrected chi connectivity index (χ0v) is 13.6. The summed E-state index contributed by atoms with van der Waals surface area (Å²) in [5, 5.41) is 3.42. The van der Waals surface area contributed by atoms with Gasteiger partial charge >= 0.3 is 0 Å². The lowest BCUT2D eigenvalue weighted by Crippen LogP contribution is -2.29. The zero-order valence-electron chi connectivity index (χ0n) is 12.8. The van der Waals surface area contributed by atoms with Crippen molar-refractivity contribution >= 4 is 11.3 Å². The molecule has 0 spiro atoms. The van der Waals surface area contributed by atoms with E-state index in [2.05, 4.69) is 44.0 Å². The van der Waals surface area contributed by atoms with E-state index >= 15 is 0 Å². The minimum atomic E-state index is 0.765. The first-order chi connectivity index (χ1) is 9.10. The van der Waals surface area contributed by atoms with Crippen molar-refractivity contribution in [3.63, 3.8) is 0 Å². The molecule has 2 rings (SSSR count). The van der Waals surface area contributed by atoms with Gasteiger partial charge in [-0.25, -0.2) is 0 Å². The normalized spacial score (nSPS) is 15.7. The van der Waals surface area contributed by atoms with E-state index in [9.17, 15) is 0 Å². The van der Waals surface area contributed by atoms with Gasteiger partial charge < -0.3 is 5.32 Å². The van der Waals surface area contributed by atoms with Crippen molar-refractivity contribution in [3.05, 3.63) is 21.4 Å². The Bertz CT molecular complexity index is 393. The Labute approximate surface area is 122 Å². The molecule has 1 aromatic rings. The molecule has 1 aliphatic carbocycles. The number of hydrogen-bond donors (Lipinski definition) is 1. The molecule has 1 N–H and O–H groups in total. The maximum absolute atomic E-state index is 3.42. The van der Waals surface area contributed by atoms with Crippen molar-refractivity contribution in [3.8, 4) is 0 Å². The molecule has 0 bridgehead atoms. The largest absolute Gasteiger partial charge is 0.312 e. The fourth-order valence-corrected chi connectivity index (χ4v) is 3.57. The number of thiophene rings is 1. The first-order valence-corrected chi connectivity index (χ1v) is 8.44. The van der Waals surface area contributed by atoms with E-state index in [1.807, 2.05) is 11.3 Å². The molecule has 1 aliphatic rings. The van der Waals surface area contributed by atoms with Gasteiger partial charge in [0.2, 0.25) is 0 Å². The number of aryl methyl sites for hydroxylation is 1. The van der Waals surface area contributed by atoms with Gasteiger partial charge in [0.25, 0.3) is 0 Å². The van der Waals surface area contributed by atoms with E-state index in [0.717, 1.165) is 31.6 Å². The van der Waals surface area contributed by atoms with E-state index in [4.69, 9.17) is 0 Å². The fourth-order valence-electron chi connectivity index (χ4n) is 2.55. The van der Waals surface area contributed by atoms with Crippen LogP contribution < -0.4 is 5.32 Å². The van der Waals surface area contributed by atoms with E-state index < -0.39 is 0 Å². The number of rotatable bonds is 8. The van der Waals surface area contributed by atoms with Gasteiger partial charge in [0.1, 0.15) is 0 Å². The second kappa shape index (κ2) is 6.87. The van der Waals surface area contributed by atoms with Crippen LogP contribution in [0.4, 0.5) is 0 Å². The van der Waals surface area contributed by atoms with Crippen LogP contribution in [0, 0.1) is 12.8 Å². The minimum absolute atomic E-state index is 0.765. The summed E-state index contributed by atoms with van der Waals surface area (Å²) in [6.07, 6.45) is 2.81. The molecule has 108 valence electrons. The second-order valence-electron chi connectivity index (χ2n) is 6.13. The lowest BCUT2D eigenvalue weighted by Gasteiger charge is -2.24. The predicted octanol–water partition coefficient (Wildman–Crippen LogP) is 3.79. The van der Waals surface area contributed by atoms with E-state index in [1.165, 1.54) is 29.1 Å². The Balaban J connectivity index is 1.97. The number of hydrogen-bond acceptors (Lipinski definition) is 3. The van der Waals surface area contributed by atoms with Crippen LogP contribution in [0.5, 0.6) is 0 Å². The van der Waals surface area contributed by atoms with Gasteiger partial charge in [-0.05, 0) is 43.9 Å². The third-order valence-corrected chi connectivity index (χ3v) is 4.75. The highest BCUT2D eigenvalue weighted by Crippen LogP contribution is 2.31. The highest BCUT2D eigenvalue weighted by Gasteiger charge is 2.29. The first kappa shape index (κ1) is 15.0. The summed E-state index contributed by atoms with van der Waals surface area (Å²) in [5.41, 5.74) is 1.55. The summed E-state index contributed by atoms with van der Waals surface area (Å²) in [6, 6.07) is 3.28. The fraction of sp³-hybridized carbons (Fsp3) is 0.750. The van der Waals surface area contributed by atoms with Gasteiger partial charge in [0.05, 0.1) is 0 Å². The first-order valence-electron chi connectivity index (χ1n) is 7.63. The van der Waals surface area contributed by atoms with Crippen LogP contribution in [-0.2, 0) is 13.1 Å². The topological polar surface area (TPSA) is 15.3 Å². The Morgan fingerprint density at radius 3 is 2.74 bits per heavy atom. The van der Waals surface area contributed by atoms with Crippen LogP contribution in [0.1, 0.15) is 48.9 Å². The SMILES string of the molecule is CCNCc1cc(CN(CC(C)C)C2CC2)c(C)s1. The molecular formula is C16H28N2S. The van der Waals surface area contributed by atoms with Crippen molar-refractivity contribution in [2.24, 2.45) is 5.92 Å². The van der Waals surface area contributed by atoms with Gasteiger partial charge in [-0.2, -0.15) is 0 Å². The van der Waals surface area contributed by atoms with Gasteiger partial charge in [-0.1, -0.05) is 20.8 Å². The smallest absolute Gasteiger partial charge is 0.0299 e. The summed E-state index contributed by atoms with van der Waals surface area (Å²) < 4.78 is 0. The van der Waals surface area contributed by atoms with E-state index in [-0.39, 0.29) is 0 Å². The molecule has 2 nitrogen and oxygen atoms in total. The maximum atomic E-state index is 3.42. The molecule has 0 aliphatic heterocycles. The van der Waals surface area contributed by atoms with Gasteiger partial charge in [-0.3, -0.25) is 4.90 Å². The van der Waals surface area contributed by atoms with Crippen molar-refractivity contribution in [2.75, 3.05) is 13.1 Å². The molecule has 0 unspecified atom stereocenters. The standard InChI is InChI=1S/C16H28N2S/c1-5-17-9-16-8-14(13(4)19-16)11-18(10-12(2)3)15-6-7-15/h8,12,15,17H,5-7,9-11H2,1-4H3. The van der Waals surface area contributed by atoms with Crippen LogP contribution in [0.3, 0.4) is 0 Å². The van der Waals surface area contributed by atoms with Crippen LogP contribution in [0.2, 0.25) is 0 Å². The lowest BCUT2D eigenvalue weighted by atomic mass is 10.1. The highest BCUT2D eigenvalue weighted by molar-refractivity contribution is 7.12. The Kier molecular flexibility index (Phi) is 5.43. The van der Waals surface area contributed by atoms with E-state index in [0.29, 0.717) is 0 Å². The summed E-state index contributed by atoms with van der Waals surface area (Å²) >= 11 is 1.96. The third kappa shape index (κ3) is 4.59. The Morgan fingerprint density at radius 2 is 2.16 bits per heavy atom. The molecule has 1 aromatic heterocycles. The average molecular weight is 280 g/mol. The third-order valence-electron chi connectivity index (χ3n) is 3.66. The predicted molar refractivity (Wildman–Crippen MR) is 84.7 cm³/mol. The van der Waals surface area contributed by atoms with E-state index in [1.54, 1.807) is 5.56 Å². The van der Waals surface area contributed by atoms with Crippen LogP contribution in [0.15, 0.2) is 6.07 Å². The highest BCUT2D eigenvalue weighted by atomic mass is 32.1. The Morgan fingerprint density at radius 1 is 1.42 bits per heavy atom. The molecule has 0 aromatic carbocycles. The van der Waals surface area contributed by atoms with Crippen molar-refractivity contribution in [1.82, 2.24) is 10.2 Å². The molecule has 0 amide bonds. The molecule has 0 atom stereocenters. The molecule has 0 radical (unpaired) electrons.